The summed E-state index contributed by atoms with van der Waals surface area (Å²) in [4.78, 5) is 2.45. The van der Waals surface area contributed by atoms with Gasteiger partial charge in [0.05, 0.1) is 0 Å². The van der Waals surface area contributed by atoms with E-state index in [9.17, 15) is 5.11 Å². The molecule has 0 spiro atoms. The molecule has 1 fully saturated rings. The molecule has 0 saturated heterocycles. The number of hydrogen-bond acceptors (Lipinski definition) is 2. The average Bonchev–Trinajstić information content (AvgIpc) is 2.62. The lowest BCUT2D eigenvalue weighted by molar-refractivity contribution is -0.0990. The fourth-order valence-electron chi connectivity index (χ4n) is 4.36. The second-order valence-electron chi connectivity index (χ2n) is 6.96. The van der Waals surface area contributed by atoms with Crippen LogP contribution in [0.2, 0.25) is 0 Å². The van der Waals surface area contributed by atoms with Crippen LogP contribution < -0.4 is 0 Å². The van der Waals surface area contributed by atoms with Crippen LogP contribution in [0.3, 0.4) is 0 Å². The van der Waals surface area contributed by atoms with Crippen molar-refractivity contribution >= 4 is 12.4 Å². The van der Waals surface area contributed by atoms with E-state index in [2.05, 4.69) is 48.2 Å². The summed E-state index contributed by atoms with van der Waals surface area (Å²) in [6.45, 7) is 4.24. The first-order valence-corrected chi connectivity index (χ1v) is 8.90. The van der Waals surface area contributed by atoms with E-state index in [0.29, 0.717) is 5.92 Å². The highest BCUT2D eigenvalue weighted by molar-refractivity contribution is 5.85. The Balaban J connectivity index is 0.00000192. The minimum absolute atomic E-state index is 0. The molecule has 2 unspecified atom stereocenters. The van der Waals surface area contributed by atoms with Crippen molar-refractivity contribution in [3.63, 3.8) is 0 Å². The molecular formula is C20H30ClNO. The number of aliphatic hydroxyl groups is 1. The lowest BCUT2D eigenvalue weighted by atomic mass is 9.69. The first kappa shape index (κ1) is 18.5. The second-order valence-corrected chi connectivity index (χ2v) is 6.96. The summed E-state index contributed by atoms with van der Waals surface area (Å²) in [7, 11) is 0. The molecule has 1 aliphatic carbocycles. The third kappa shape index (κ3) is 3.81. The molecule has 0 bridgehead atoms. The lowest BCUT2D eigenvalue weighted by Crippen LogP contribution is -2.54. The maximum Gasteiger partial charge on any atom is 0.108 e. The van der Waals surface area contributed by atoms with E-state index in [-0.39, 0.29) is 18.4 Å². The van der Waals surface area contributed by atoms with Crippen LogP contribution in [0.5, 0.6) is 0 Å². The summed E-state index contributed by atoms with van der Waals surface area (Å²) in [6, 6.07) is 10.6. The van der Waals surface area contributed by atoms with Crippen molar-refractivity contribution in [2.24, 2.45) is 5.92 Å². The van der Waals surface area contributed by atoms with E-state index in [0.717, 1.165) is 37.9 Å². The smallest absolute Gasteiger partial charge is 0.108 e. The zero-order chi connectivity index (χ0) is 15.4. The minimum atomic E-state index is -0.729. The van der Waals surface area contributed by atoms with Crippen LogP contribution in [0.25, 0.3) is 0 Å². The molecule has 3 rings (SSSR count). The maximum absolute atomic E-state index is 11.9. The summed E-state index contributed by atoms with van der Waals surface area (Å²) in [5.41, 5.74) is 0.372. The normalized spacial score (nSPS) is 23.7. The molecule has 1 aromatic carbocycles. The van der Waals surface area contributed by atoms with Crippen molar-refractivity contribution in [3.05, 3.63) is 48.0 Å². The van der Waals surface area contributed by atoms with E-state index in [1.165, 1.54) is 19.3 Å². The van der Waals surface area contributed by atoms with Gasteiger partial charge in [0, 0.05) is 19.1 Å². The fourth-order valence-corrected chi connectivity index (χ4v) is 4.36. The Morgan fingerprint density at radius 1 is 1.09 bits per heavy atom. The van der Waals surface area contributed by atoms with Crippen LogP contribution in [0.1, 0.15) is 51.0 Å². The molecule has 23 heavy (non-hydrogen) atoms. The Kier molecular flexibility index (Phi) is 6.70. The molecule has 1 aromatic rings. The van der Waals surface area contributed by atoms with Crippen molar-refractivity contribution < 1.29 is 5.11 Å². The highest BCUT2D eigenvalue weighted by Gasteiger charge is 2.45. The van der Waals surface area contributed by atoms with Crippen LogP contribution in [-0.2, 0) is 5.60 Å². The summed E-state index contributed by atoms with van der Waals surface area (Å²) in [5.74, 6) is 0.379. The molecule has 1 N–H and O–H groups in total. The van der Waals surface area contributed by atoms with E-state index in [4.69, 9.17) is 0 Å². The van der Waals surface area contributed by atoms with Gasteiger partial charge in [-0.1, -0.05) is 61.7 Å². The van der Waals surface area contributed by atoms with Crippen LogP contribution in [-0.4, -0.2) is 29.1 Å². The molecule has 1 heterocycles. The third-order valence-electron chi connectivity index (χ3n) is 5.74. The Labute approximate surface area is 147 Å². The predicted molar refractivity (Wildman–Crippen MR) is 99.0 cm³/mol. The first-order chi connectivity index (χ1) is 10.7. The highest BCUT2D eigenvalue weighted by atomic mass is 35.5. The maximum atomic E-state index is 11.9. The third-order valence-corrected chi connectivity index (χ3v) is 5.74. The van der Waals surface area contributed by atoms with Crippen molar-refractivity contribution in [2.45, 2.75) is 57.1 Å². The van der Waals surface area contributed by atoms with Gasteiger partial charge in [-0.15, -0.1) is 12.4 Å². The molecule has 0 amide bonds. The van der Waals surface area contributed by atoms with Gasteiger partial charge in [0.15, 0.2) is 0 Å². The average molecular weight is 336 g/mol. The molecule has 0 aromatic heterocycles. The van der Waals surface area contributed by atoms with Gasteiger partial charge in [0.1, 0.15) is 5.60 Å². The number of nitrogens with zero attached hydrogens (tertiary/aromatic N) is 1. The Hall–Kier alpha value is -0.830. The van der Waals surface area contributed by atoms with Crippen molar-refractivity contribution in [1.82, 2.24) is 4.90 Å². The molecule has 1 saturated carbocycles. The summed E-state index contributed by atoms with van der Waals surface area (Å²) in [5, 5.41) is 11.9. The number of halogens is 1. The Morgan fingerprint density at radius 3 is 2.39 bits per heavy atom. The molecule has 2 aliphatic rings. The van der Waals surface area contributed by atoms with Gasteiger partial charge in [0.2, 0.25) is 0 Å². The molecule has 128 valence electrons. The van der Waals surface area contributed by atoms with E-state index in [1.54, 1.807) is 0 Å². The lowest BCUT2D eigenvalue weighted by Gasteiger charge is -2.47. The summed E-state index contributed by atoms with van der Waals surface area (Å²) >= 11 is 0. The van der Waals surface area contributed by atoms with Gasteiger partial charge in [-0.2, -0.15) is 0 Å². The topological polar surface area (TPSA) is 23.5 Å². The van der Waals surface area contributed by atoms with E-state index >= 15 is 0 Å². The number of benzene rings is 1. The summed E-state index contributed by atoms with van der Waals surface area (Å²) < 4.78 is 0. The van der Waals surface area contributed by atoms with Gasteiger partial charge in [-0.25, -0.2) is 0 Å². The van der Waals surface area contributed by atoms with E-state index in [1.807, 2.05) is 6.07 Å². The van der Waals surface area contributed by atoms with Crippen LogP contribution in [0.15, 0.2) is 42.5 Å². The number of rotatable bonds is 4. The standard InChI is InChI=1S/C20H29NO.ClH/c1-17(21-15-9-4-10-16-21)20(22,18-11-5-2-6-12-18)19-13-7-3-8-14-19;/h2,4-6,9,11-12,17,19,22H,3,7-8,10,13-16H2,1H3;1H. The van der Waals surface area contributed by atoms with Gasteiger partial charge in [-0.3, -0.25) is 4.90 Å². The largest absolute Gasteiger partial charge is 0.383 e. The van der Waals surface area contributed by atoms with Crippen LogP contribution in [0, 0.1) is 5.92 Å². The second kappa shape index (κ2) is 8.32. The Bertz CT molecular complexity index is 498. The van der Waals surface area contributed by atoms with E-state index < -0.39 is 5.60 Å². The SMILES string of the molecule is CC(N1CC=CCC1)C(O)(c1ccccc1)C1CCCCC1.Cl. The van der Waals surface area contributed by atoms with Gasteiger partial charge < -0.3 is 5.11 Å². The van der Waals surface area contributed by atoms with Gasteiger partial charge >= 0.3 is 0 Å². The predicted octanol–water partition coefficient (Wildman–Crippen LogP) is 4.53. The molecule has 2 nitrogen and oxygen atoms in total. The fraction of sp³-hybridized carbons (Fsp3) is 0.600. The molecule has 1 aliphatic heterocycles. The van der Waals surface area contributed by atoms with Crippen LogP contribution >= 0.6 is 12.4 Å². The summed E-state index contributed by atoms with van der Waals surface area (Å²) in [6.07, 6.45) is 11.7. The zero-order valence-corrected chi connectivity index (χ0v) is 15.0. The quantitative estimate of drug-likeness (QED) is 0.817. The first-order valence-electron chi connectivity index (χ1n) is 8.90. The molecule has 3 heteroatoms. The van der Waals surface area contributed by atoms with Crippen molar-refractivity contribution in [1.29, 1.82) is 0 Å². The van der Waals surface area contributed by atoms with Gasteiger partial charge in [0.25, 0.3) is 0 Å². The Morgan fingerprint density at radius 2 is 1.78 bits per heavy atom. The molecular weight excluding hydrogens is 306 g/mol. The molecule has 2 atom stereocenters. The van der Waals surface area contributed by atoms with Crippen LogP contribution in [0.4, 0.5) is 0 Å². The minimum Gasteiger partial charge on any atom is -0.383 e. The van der Waals surface area contributed by atoms with Crippen molar-refractivity contribution in [2.75, 3.05) is 13.1 Å². The molecule has 0 radical (unpaired) electrons. The highest BCUT2D eigenvalue weighted by Crippen LogP contribution is 2.43. The van der Waals surface area contributed by atoms with Gasteiger partial charge in [-0.05, 0) is 37.7 Å². The monoisotopic (exact) mass is 335 g/mol. The van der Waals surface area contributed by atoms with Crippen molar-refractivity contribution in [3.8, 4) is 0 Å². The zero-order valence-electron chi connectivity index (χ0n) is 14.2. The number of hydrogen-bond donors (Lipinski definition) is 1.